The fourth-order valence-electron chi connectivity index (χ4n) is 2.86. The van der Waals surface area contributed by atoms with Gasteiger partial charge in [-0.05, 0) is 53.1 Å². The Hall–Kier alpha value is -2.30. The first-order valence-corrected chi connectivity index (χ1v) is 8.64. The van der Waals surface area contributed by atoms with E-state index in [9.17, 15) is 5.11 Å². The molecule has 0 aromatic heterocycles. The van der Waals surface area contributed by atoms with Crippen LogP contribution < -0.4 is 9.47 Å². The van der Waals surface area contributed by atoms with Crippen LogP contribution in [-0.2, 0) is 5.60 Å². The Kier molecular flexibility index (Phi) is 5.11. The van der Waals surface area contributed by atoms with Gasteiger partial charge in [-0.25, -0.2) is 0 Å². The van der Waals surface area contributed by atoms with Crippen LogP contribution in [0.5, 0.6) is 11.5 Å². The normalized spacial score (nSPS) is 11.2. The molecule has 0 heterocycles. The molecule has 3 nitrogen and oxygen atoms in total. The summed E-state index contributed by atoms with van der Waals surface area (Å²) in [6.07, 6.45) is 0. The number of ether oxygens (including phenoxy) is 2. The zero-order valence-corrected chi connectivity index (χ0v) is 15.7. The standard InChI is InChI=1S/C21H19BrO3/c1-24-19-11-5-16(6-12-19)21(23,15-3-9-18(22)10-4-15)17-7-13-20(25-2)14-8-17/h3-14,23H,1-2H3. The highest BCUT2D eigenvalue weighted by atomic mass is 79.9. The summed E-state index contributed by atoms with van der Waals surface area (Å²) < 4.78 is 11.4. The summed E-state index contributed by atoms with van der Waals surface area (Å²) in [7, 11) is 3.25. The number of halogens is 1. The summed E-state index contributed by atoms with van der Waals surface area (Å²) >= 11 is 3.45. The maximum Gasteiger partial charge on any atom is 0.140 e. The monoisotopic (exact) mass is 398 g/mol. The van der Waals surface area contributed by atoms with Gasteiger partial charge in [0.25, 0.3) is 0 Å². The molecule has 1 N–H and O–H groups in total. The molecule has 0 aliphatic rings. The Balaban J connectivity index is 2.16. The minimum absolute atomic E-state index is 0.747. The van der Waals surface area contributed by atoms with Crippen LogP contribution in [0.4, 0.5) is 0 Å². The van der Waals surface area contributed by atoms with Gasteiger partial charge in [0.15, 0.2) is 0 Å². The average molecular weight is 399 g/mol. The topological polar surface area (TPSA) is 38.7 Å². The molecular weight excluding hydrogens is 380 g/mol. The van der Waals surface area contributed by atoms with Crippen molar-refractivity contribution in [3.05, 3.63) is 94.0 Å². The Bertz CT molecular complexity index is 777. The Labute approximate surface area is 156 Å². The summed E-state index contributed by atoms with van der Waals surface area (Å²) in [4.78, 5) is 0. The van der Waals surface area contributed by atoms with E-state index in [2.05, 4.69) is 15.9 Å². The van der Waals surface area contributed by atoms with Gasteiger partial charge in [-0.15, -0.1) is 0 Å². The lowest BCUT2D eigenvalue weighted by Gasteiger charge is -2.30. The SMILES string of the molecule is COc1ccc(C(O)(c2ccc(Br)cc2)c2ccc(OC)cc2)cc1. The van der Waals surface area contributed by atoms with Crippen LogP contribution in [-0.4, -0.2) is 19.3 Å². The molecule has 0 aliphatic heterocycles. The zero-order valence-electron chi connectivity index (χ0n) is 14.1. The third-order valence-electron chi connectivity index (χ3n) is 4.28. The van der Waals surface area contributed by atoms with Crippen LogP contribution in [0.3, 0.4) is 0 Å². The lowest BCUT2D eigenvalue weighted by molar-refractivity contribution is 0.125. The van der Waals surface area contributed by atoms with Crippen LogP contribution in [0.25, 0.3) is 0 Å². The van der Waals surface area contributed by atoms with Crippen LogP contribution in [0.1, 0.15) is 16.7 Å². The molecule has 3 aromatic rings. The van der Waals surface area contributed by atoms with E-state index in [1.165, 1.54) is 0 Å². The van der Waals surface area contributed by atoms with E-state index < -0.39 is 5.60 Å². The van der Waals surface area contributed by atoms with E-state index in [4.69, 9.17) is 9.47 Å². The van der Waals surface area contributed by atoms with Crippen molar-refractivity contribution in [2.75, 3.05) is 14.2 Å². The lowest BCUT2D eigenvalue weighted by Crippen LogP contribution is -2.28. The van der Waals surface area contributed by atoms with Gasteiger partial charge >= 0.3 is 0 Å². The van der Waals surface area contributed by atoms with Crippen molar-refractivity contribution in [3.8, 4) is 11.5 Å². The van der Waals surface area contributed by atoms with Gasteiger partial charge in [-0.2, -0.15) is 0 Å². The molecule has 0 unspecified atom stereocenters. The molecule has 0 saturated carbocycles. The summed E-state index contributed by atoms with van der Waals surface area (Å²) in [5, 5.41) is 11.7. The minimum Gasteiger partial charge on any atom is -0.497 e. The second kappa shape index (κ2) is 7.30. The number of methoxy groups -OCH3 is 2. The van der Waals surface area contributed by atoms with Crippen molar-refractivity contribution in [2.24, 2.45) is 0 Å². The van der Waals surface area contributed by atoms with Gasteiger partial charge in [0.2, 0.25) is 0 Å². The molecule has 4 heteroatoms. The van der Waals surface area contributed by atoms with Crippen molar-refractivity contribution in [3.63, 3.8) is 0 Å². The molecule has 0 bridgehead atoms. The van der Waals surface area contributed by atoms with Crippen molar-refractivity contribution >= 4 is 15.9 Å². The third kappa shape index (κ3) is 3.41. The van der Waals surface area contributed by atoms with Crippen molar-refractivity contribution in [2.45, 2.75) is 5.60 Å². The molecular formula is C21H19BrO3. The van der Waals surface area contributed by atoms with Crippen molar-refractivity contribution in [1.82, 2.24) is 0 Å². The molecule has 128 valence electrons. The molecule has 3 rings (SSSR count). The molecule has 0 saturated heterocycles. The maximum atomic E-state index is 11.7. The maximum absolute atomic E-state index is 11.7. The van der Waals surface area contributed by atoms with Gasteiger partial charge in [-0.3, -0.25) is 0 Å². The third-order valence-corrected chi connectivity index (χ3v) is 4.81. The summed E-state index contributed by atoms with van der Waals surface area (Å²) in [6.45, 7) is 0. The first-order valence-electron chi connectivity index (χ1n) is 7.85. The highest BCUT2D eigenvalue weighted by Crippen LogP contribution is 2.38. The van der Waals surface area contributed by atoms with Crippen LogP contribution >= 0.6 is 15.9 Å². The first-order chi connectivity index (χ1) is 12.1. The van der Waals surface area contributed by atoms with E-state index in [1.54, 1.807) is 14.2 Å². The van der Waals surface area contributed by atoms with E-state index in [0.29, 0.717) is 0 Å². The van der Waals surface area contributed by atoms with Crippen LogP contribution in [0.2, 0.25) is 0 Å². The smallest absolute Gasteiger partial charge is 0.140 e. The molecule has 0 fully saturated rings. The molecule has 3 aromatic carbocycles. The number of benzene rings is 3. The van der Waals surface area contributed by atoms with Crippen LogP contribution in [0.15, 0.2) is 77.3 Å². The average Bonchev–Trinajstić information content (AvgIpc) is 2.68. The Morgan fingerprint density at radius 1 is 0.640 bits per heavy atom. The largest absolute Gasteiger partial charge is 0.497 e. The quantitative estimate of drug-likeness (QED) is 0.630. The van der Waals surface area contributed by atoms with E-state index >= 15 is 0 Å². The van der Waals surface area contributed by atoms with E-state index in [0.717, 1.165) is 32.7 Å². The van der Waals surface area contributed by atoms with Gasteiger partial charge in [0, 0.05) is 4.47 Å². The van der Waals surface area contributed by atoms with E-state index in [-0.39, 0.29) is 0 Å². The summed E-state index contributed by atoms with van der Waals surface area (Å²) in [6, 6.07) is 22.6. The molecule has 0 spiro atoms. The fraction of sp³-hybridized carbons (Fsp3) is 0.143. The number of hydrogen-bond donors (Lipinski definition) is 1. The molecule has 0 radical (unpaired) electrons. The minimum atomic E-state index is -1.28. The molecule has 0 atom stereocenters. The summed E-state index contributed by atoms with van der Waals surface area (Å²) in [5.74, 6) is 1.49. The zero-order chi connectivity index (χ0) is 17.9. The van der Waals surface area contributed by atoms with Crippen LogP contribution in [0, 0.1) is 0 Å². The van der Waals surface area contributed by atoms with Gasteiger partial charge in [0.05, 0.1) is 14.2 Å². The molecule has 0 amide bonds. The van der Waals surface area contributed by atoms with Crippen molar-refractivity contribution < 1.29 is 14.6 Å². The Morgan fingerprint density at radius 2 is 0.960 bits per heavy atom. The number of aliphatic hydroxyl groups is 1. The number of hydrogen-bond acceptors (Lipinski definition) is 3. The summed E-state index contributed by atoms with van der Waals surface area (Å²) in [5.41, 5.74) is 1.03. The van der Waals surface area contributed by atoms with Gasteiger partial charge in [0.1, 0.15) is 17.1 Å². The predicted octanol–water partition coefficient (Wildman–Crippen LogP) is 4.75. The second-order valence-electron chi connectivity index (χ2n) is 5.67. The van der Waals surface area contributed by atoms with E-state index in [1.807, 2.05) is 72.8 Å². The molecule has 25 heavy (non-hydrogen) atoms. The van der Waals surface area contributed by atoms with Crippen molar-refractivity contribution in [1.29, 1.82) is 0 Å². The highest BCUT2D eigenvalue weighted by molar-refractivity contribution is 9.10. The fourth-order valence-corrected chi connectivity index (χ4v) is 3.12. The molecule has 0 aliphatic carbocycles. The Morgan fingerprint density at radius 3 is 1.28 bits per heavy atom. The highest BCUT2D eigenvalue weighted by Gasteiger charge is 2.33. The number of rotatable bonds is 5. The predicted molar refractivity (Wildman–Crippen MR) is 102 cm³/mol. The van der Waals surface area contributed by atoms with Gasteiger partial charge in [-0.1, -0.05) is 52.3 Å². The first kappa shape index (κ1) is 17.5. The second-order valence-corrected chi connectivity index (χ2v) is 6.59. The van der Waals surface area contributed by atoms with Gasteiger partial charge < -0.3 is 14.6 Å². The lowest BCUT2D eigenvalue weighted by atomic mass is 9.80.